The zero-order chi connectivity index (χ0) is 31.7. The van der Waals surface area contributed by atoms with Gasteiger partial charge in [0.2, 0.25) is 0 Å². The van der Waals surface area contributed by atoms with Crippen LogP contribution in [0.2, 0.25) is 0 Å². The number of nitrogens with zero attached hydrogens (tertiary/aromatic N) is 8. The van der Waals surface area contributed by atoms with Gasteiger partial charge in [-0.3, -0.25) is 0 Å². The van der Waals surface area contributed by atoms with Gasteiger partial charge in [0, 0.05) is 0 Å². The van der Waals surface area contributed by atoms with Crippen molar-refractivity contribution < 1.29 is 0 Å². The Labute approximate surface area is 299 Å². The molecule has 0 spiro atoms. The van der Waals surface area contributed by atoms with Gasteiger partial charge in [0.25, 0.3) is 0 Å². The molecule has 0 saturated carbocycles. The number of hydrogen-bond donors (Lipinski definition) is 0. The van der Waals surface area contributed by atoms with Gasteiger partial charge in [-0.25, -0.2) is 19.9 Å². The summed E-state index contributed by atoms with van der Waals surface area (Å²) in [7, 11) is 0. The van der Waals surface area contributed by atoms with Gasteiger partial charge in [-0.1, -0.05) is 72.9 Å². The Morgan fingerprint density at radius 2 is 0.638 bits per heavy atom. The Balaban J connectivity index is 0.000000128. The summed E-state index contributed by atoms with van der Waals surface area (Å²) in [5, 5.41) is 22.0. The van der Waals surface area contributed by atoms with Crippen molar-refractivity contribution in [3.8, 4) is 0 Å². The second kappa shape index (κ2) is 13.3. The molecule has 0 N–H and O–H groups in total. The molecular formula is C36H20I2N8Pb-4. The molecule has 2 radical (unpaired) electrons. The Kier molecular flexibility index (Phi) is 8.62. The van der Waals surface area contributed by atoms with Crippen LogP contribution < -0.4 is 20.9 Å². The molecule has 6 aromatic rings. The summed E-state index contributed by atoms with van der Waals surface area (Å²) in [4.78, 5) is 19.3. The van der Waals surface area contributed by atoms with Crippen molar-refractivity contribution >= 4 is 142 Å². The summed E-state index contributed by atoms with van der Waals surface area (Å²) in [5.41, 5.74) is 10.6. The first-order chi connectivity index (χ1) is 23.2. The normalized spacial score (nSPS) is 14.0. The molecule has 47 heavy (non-hydrogen) atoms. The molecule has 4 aromatic carbocycles. The van der Waals surface area contributed by atoms with Crippen molar-refractivity contribution in [3.05, 3.63) is 140 Å². The van der Waals surface area contributed by atoms with Crippen molar-refractivity contribution in [2.45, 2.75) is 0 Å². The maximum absolute atomic E-state index is 4.83. The number of fused-ring (bicyclic) bond motifs is 14. The molecule has 226 valence electrons. The second-order valence-corrected chi connectivity index (χ2v) is 38.6. The molecular weight excluding hydrogens is 1010 g/mol. The number of halogens is 2. The second-order valence-electron chi connectivity index (χ2n) is 10.5. The zero-order valence-corrected chi connectivity index (χ0v) is 32.6. The van der Waals surface area contributed by atoms with Crippen LogP contribution in [-0.4, -0.2) is 35.6 Å². The van der Waals surface area contributed by atoms with Crippen LogP contribution in [0.15, 0.2) is 97.6 Å². The summed E-state index contributed by atoms with van der Waals surface area (Å²) >= 11 is 4.96. The van der Waals surface area contributed by atoms with Crippen LogP contribution in [0, 0.1) is 0 Å². The monoisotopic (exact) mass is 1030 g/mol. The molecule has 0 unspecified atom stereocenters. The van der Waals surface area contributed by atoms with Gasteiger partial charge in [0.05, 0.1) is 44.1 Å². The number of para-hydroxylation sites is 4. The van der Waals surface area contributed by atoms with Gasteiger partial charge in [-0.2, -0.15) is 24.8 Å². The molecule has 4 aliphatic heterocycles. The predicted octanol–water partition coefficient (Wildman–Crippen LogP) is 8.21. The Morgan fingerprint density at radius 3 is 0.872 bits per heavy atom. The quantitative estimate of drug-likeness (QED) is 0.0869. The van der Waals surface area contributed by atoms with Gasteiger partial charge >= 0.3 is 51.2 Å². The Bertz CT molecular complexity index is 2290. The van der Waals surface area contributed by atoms with E-state index in [-0.39, 0.29) is 15.6 Å². The molecule has 0 aliphatic carbocycles. The van der Waals surface area contributed by atoms with Crippen LogP contribution in [0.4, 0.5) is 22.7 Å². The molecule has 0 bridgehead atoms. The Morgan fingerprint density at radius 1 is 0.404 bits per heavy atom. The molecule has 11 heteroatoms. The van der Waals surface area contributed by atoms with Crippen molar-refractivity contribution in [3.63, 3.8) is 0 Å². The fourth-order valence-corrected chi connectivity index (χ4v) is 5.89. The summed E-state index contributed by atoms with van der Waals surface area (Å²) in [6.45, 7) is 0. The van der Waals surface area contributed by atoms with E-state index in [2.05, 4.69) is 56.8 Å². The van der Waals surface area contributed by atoms with Gasteiger partial charge in [0.15, 0.2) is 0 Å². The number of rotatable bonds is 0. The first-order valence-electron chi connectivity index (χ1n) is 14.6. The average molecular weight is 1030 g/mol. The average Bonchev–Trinajstić information content (AvgIpc) is 3.14. The minimum atomic E-state index is 0.0233. The van der Waals surface area contributed by atoms with Crippen LogP contribution >= 0.6 is 35.5 Å². The zero-order valence-electron chi connectivity index (χ0n) is 24.4. The van der Waals surface area contributed by atoms with Gasteiger partial charge in [-0.05, 0) is 45.1 Å². The first kappa shape index (κ1) is 30.4. The molecule has 4 aliphatic rings. The van der Waals surface area contributed by atoms with E-state index in [1.807, 2.05) is 97.1 Å². The molecule has 0 atom stereocenters. The number of allylic oxidation sites excluding steroid dienone is 4. The fourth-order valence-electron chi connectivity index (χ4n) is 5.89. The van der Waals surface area contributed by atoms with Crippen LogP contribution in [-0.2, 0) is 0 Å². The third-order valence-electron chi connectivity index (χ3n) is 7.84. The van der Waals surface area contributed by atoms with Gasteiger partial charge in [-0.15, -0.1) is 22.7 Å². The van der Waals surface area contributed by atoms with E-state index in [0.717, 1.165) is 87.8 Å². The molecule has 0 fully saturated rings. The van der Waals surface area contributed by atoms with E-state index < -0.39 is 0 Å². The topological polar surface area (TPSA) is 108 Å². The van der Waals surface area contributed by atoms with Crippen LogP contribution in [0.5, 0.6) is 0 Å². The SMILES string of the molecule is C1=C[N-]c2c3c(c4nc5ccccc5nc4c2=C1)=CC=C[N-]3.C1=C[N-]c2c3c(c4nc5ccccc5nc4c2=C1)=CC=C[N-]3.[I][Pb][I]. The summed E-state index contributed by atoms with van der Waals surface area (Å²) in [6, 6.07) is 15.8. The van der Waals surface area contributed by atoms with Crippen LogP contribution in [0.1, 0.15) is 0 Å². The third-order valence-corrected chi connectivity index (χ3v) is 7.84. The van der Waals surface area contributed by atoms with E-state index >= 15 is 0 Å². The van der Waals surface area contributed by atoms with Crippen molar-refractivity contribution in [2.24, 2.45) is 0 Å². The summed E-state index contributed by atoms with van der Waals surface area (Å²) in [5.74, 6) is 0. The number of benzene rings is 4. The van der Waals surface area contributed by atoms with E-state index in [9.17, 15) is 0 Å². The summed E-state index contributed by atoms with van der Waals surface area (Å²) < 4.78 is 0. The van der Waals surface area contributed by atoms with Crippen molar-refractivity contribution in [1.82, 2.24) is 19.9 Å². The molecule has 6 heterocycles. The summed E-state index contributed by atoms with van der Waals surface area (Å²) in [6.07, 6.45) is 23.0. The van der Waals surface area contributed by atoms with Crippen molar-refractivity contribution in [2.75, 3.05) is 0 Å². The molecule has 0 saturated heterocycles. The minimum absolute atomic E-state index is 0.0233. The van der Waals surface area contributed by atoms with Crippen molar-refractivity contribution in [1.29, 1.82) is 0 Å². The standard InChI is InChI=1S/2C18H10N4.2HI.Pb/c2*1-2-8-14-13(7-1)21-17-11-5-3-9-19-15(11)16-12(18(17)22-14)6-4-10-20-16;;;/h2*1-10H;2*1H;/q2*-2;;;+2/p-2. The van der Waals surface area contributed by atoms with E-state index in [0.29, 0.717) is 0 Å². The fraction of sp³-hybridized carbons (Fsp3) is 0. The van der Waals surface area contributed by atoms with E-state index in [1.165, 1.54) is 0 Å². The number of aromatic nitrogens is 4. The van der Waals surface area contributed by atoms with Crippen LogP contribution in [0.25, 0.3) is 89.7 Å². The molecule has 8 nitrogen and oxygen atoms in total. The Hall–Kier alpha value is -3.90. The number of hydrogen-bond acceptors (Lipinski definition) is 4. The first-order valence-corrected chi connectivity index (χ1v) is 36.4. The van der Waals surface area contributed by atoms with E-state index in [4.69, 9.17) is 19.9 Å². The third kappa shape index (κ3) is 5.59. The molecule has 0 amide bonds. The molecule has 10 rings (SSSR count). The van der Waals surface area contributed by atoms with Crippen LogP contribution in [0.3, 0.4) is 0 Å². The van der Waals surface area contributed by atoms with Gasteiger partial charge in [0.1, 0.15) is 0 Å². The van der Waals surface area contributed by atoms with Gasteiger partial charge < -0.3 is 21.3 Å². The maximum atomic E-state index is 4.83. The molecule has 2 aromatic heterocycles. The van der Waals surface area contributed by atoms with E-state index in [1.54, 1.807) is 24.8 Å². The predicted molar refractivity (Wildman–Crippen MR) is 213 cm³/mol.